The lowest BCUT2D eigenvalue weighted by atomic mass is 10.1. The van der Waals surface area contributed by atoms with Crippen molar-refractivity contribution >= 4 is 11.6 Å². The van der Waals surface area contributed by atoms with Crippen molar-refractivity contribution in [3.05, 3.63) is 29.8 Å². The summed E-state index contributed by atoms with van der Waals surface area (Å²) in [5.41, 5.74) is -3.82. The summed E-state index contributed by atoms with van der Waals surface area (Å²) >= 11 is 0. The van der Waals surface area contributed by atoms with E-state index in [1.807, 2.05) is 6.07 Å². The van der Waals surface area contributed by atoms with Crippen molar-refractivity contribution in [2.24, 2.45) is 5.10 Å². The van der Waals surface area contributed by atoms with E-state index >= 15 is 0 Å². The van der Waals surface area contributed by atoms with Crippen LogP contribution in [0.25, 0.3) is 0 Å². The Bertz CT molecular complexity index is 718. The van der Waals surface area contributed by atoms with Gasteiger partial charge in [0.2, 0.25) is 5.72 Å². The average Bonchev–Trinajstić information content (AvgIpc) is 2.94. The number of nitrogens with zero attached hydrogens (tertiary/aromatic N) is 3. The maximum absolute atomic E-state index is 13.1. The number of hydrogen-bond acceptors (Lipinski definition) is 5. The predicted molar refractivity (Wildman–Crippen MR) is 77.1 cm³/mol. The highest BCUT2D eigenvalue weighted by atomic mass is 19.3. The van der Waals surface area contributed by atoms with Crippen molar-refractivity contribution < 1.29 is 32.2 Å². The number of rotatable bonds is 5. The summed E-state index contributed by atoms with van der Waals surface area (Å²) in [6.07, 6.45) is -9.23. The molecule has 1 aliphatic heterocycles. The number of benzene rings is 1. The van der Waals surface area contributed by atoms with Gasteiger partial charge in [0.25, 0.3) is 18.8 Å². The molecule has 0 radical (unpaired) electrons. The molecule has 25 heavy (non-hydrogen) atoms. The van der Waals surface area contributed by atoms with Gasteiger partial charge in [0.05, 0.1) is 11.6 Å². The highest BCUT2D eigenvalue weighted by molar-refractivity contribution is 5.93. The maximum Gasteiger partial charge on any atom is 0.287 e. The van der Waals surface area contributed by atoms with Crippen LogP contribution in [0.2, 0.25) is 0 Å². The van der Waals surface area contributed by atoms with Crippen molar-refractivity contribution in [3.63, 3.8) is 0 Å². The lowest BCUT2D eigenvalue weighted by Gasteiger charge is -2.31. The quantitative estimate of drug-likeness (QED) is 0.816. The fraction of sp³-hybridized carbons (Fsp3) is 0.400. The van der Waals surface area contributed by atoms with Crippen LogP contribution in [-0.4, -0.2) is 46.4 Å². The van der Waals surface area contributed by atoms with Crippen LogP contribution in [0.1, 0.15) is 18.9 Å². The van der Waals surface area contributed by atoms with E-state index in [1.165, 1.54) is 31.2 Å². The Kier molecular flexibility index (Phi) is 5.27. The van der Waals surface area contributed by atoms with E-state index in [2.05, 4.69) is 5.10 Å². The minimum Gasteiger partial charge on any atom is -0.481 e. The zero-order valence-corrected chi connectivity index (χ0v) is 12.9. The highest BCUT2D eigenvalue weighted by Gasteiger charge is 2.54. The molecule has 0 saturated heterocycles. The zero-order valence-electron chi connectivity index (χ0n) is 12.9. The van der Waals surface area contributed by atoms with Crippen LogP contribution in [0.4, 0.5) is 17.6 Å². The molecule has 1 aliphatic rings. The van der Waals surface area contributed by atoms with Gasteiger partial charge in [0.1, 0.15) is 11.5 Å². The van der Waals surface area contributed by atoms with Crippen molar-refractivity contribution in [2.75, 3.05) is 0 Å². The van der Waals surface area contributed by atoms with Gasteiger partial charge in [-0.3, -0.25) is 4.79 Å². The number of nitriles is 1. The lowest BCUT2D eigenvalue weighted by molar-refractivity contribution is -0.196. The molecule has 1 heterocycles. The number of halogens is 4. The Morgan fingerprint density at radius 3 is 2.44 bits per heavy atom. The highest BCUT2D eigenvalue weighted by Crippen LogP contribution is 2.33. The number of hydrogen-bond donors (Lipinski definition) is 1. The van der Waals surface area contributed by atoms with Gasteiger partial charge in [-0.1, -0.05) is 0 Å². The first-order valence-corrected chi connectivity index (χ1v) is 7.06. The van der Waals surface area contributed by atoms with Gasteiger partial charge in [-0.05, 0) is 31.2 Å². The van der Waals surface area contributed by atoms with Crippen molar-refractivity contribution in [1.29, 1.82) is 5.26 Å². The number of alkyl halides is 4. The number of amides is 1. The number of ether oxygens (including phenoxy) is 1. The Balaban J connectivity index is 2.19. The summed E-state index contributed by atoms with van der Waals surface area (Å²) < 4.78 is 56.9. The number of carbonyl (C=O) groups excluding carboxylic acids is 1. The third-order valence-corrected chi connectivity index (χ3v) is 3.49. The third-order valence-electron chi connectivity index (χ3n) is 3.49. The van der Waals surface area contributed by atoms with Gasteiger partial charge in [-0.25, -0.2) is 17.6 Å². The second-order valence-electron chi connectivity index (χ2n) is 5.29. The Morgan fingerprint density at radius 1 is 1.36 bits per heavy atom. The molecule has 0 bridgehead atoms. The van der Waals surface area contributed by atoms with Gasteiger partial charge >= 0.3 is 0 Å². The molecule has 0 saturated carbocycles. The van der Waals surface area contributed by atoms with E-state index < -0.39 is 42.7 Å². The standard InChI is InChI=1S/C15H13F4N3O3/c1-8(25-10-4-2-9(7-20)3-5-10)13(23)22-15(24,14(18)19)6-11(21-22)12(16)17/h2-5,8,12,14,24H,6H2,1H3/t8-,15+/m1/s1. The molecule has 6 nitrogen and oxygen atoms in total. The van der Waals surface area contributed by atoms with E-state index in [1.54, 1.807) is 0 Å². The molecular formula is C15H13F4N3O3. The monoisotopic (exact) mass is 359 g/mol. The predicted octanol–water partition coefficient (Wildman–Crippen LogP) is 2.13. The molecule has 0 fully saturated rings. The summed E-state index contributed by atoms with van der Waals surface area (Å²) in [4.78, 5) is 12.3. The van der Waals surface area contributed by atoms with Crippen LogP contribution in [0.3, 0.4) is 0 Å². The van der Waals surface area contributed by atoms with E-state index in [9.17, 15) is 27.5 Å². The van der Waals surface area contributed by atoms with E-state index in [4.69, 9.17) is 10.00 Å². The summed E-state index contributed by atoms with van der Waals surface area (Å²) in [6, 6.07) is 7.44. The van der Waals surface area contributed by atoms with Crippen LogP contribution in [0.15, 0.2) is 29.4 Å². The fourth-order valence-electron chi connectivity index (χ4n) is 2.16. The van der Waals surface area contributed by atoms with Gasteiger partial charge < -0.3 is 9.84 Å². The Hall–Kier alpha value is -2.67. The number of carbonyl (C=O) groups is 1. The van der Waals surface area contributed by atoms with Crippen LogP contribution >= 0.6 is 0 Å². The summed E-state index contributed by atoms with van der Waals surface area (Å²) in [6.45, 7) is 1.20. The lowest BCUT2D eigenvalue weighted by Crippen LogP contribution is -2.54. The Morgan fingerprint density at radius 2 is 1.96 bits per heavy atom. The van der Waals surface area contributed by atoms with Gasteiger partial charge in [0.15, 0.2) is 6.10 Å². The van der Waals surface area contributed by atoms with Crippen molar-refractivity contribution in [1.82, 2.24) is 5.01 Å². The third kappa shape index (κ3) is 3.71. The van der Waals surface area contributed by atoms with Crippen molar-refractivity contribution in [3.8, 4) is 11.8 Å². The molecular weight excluding hydrogens is 346 g/mol. The molecule has 0 aliphatic carbocycles. The summed E-state index contributed by atoms with van der Waals surface area (Å²) in [5, 5.41) is 21.7. The normalized spacial score (nSPS) is 21.2. The molecule has 0 unspecified atom stereocenters. The number of aliphatic hydroxyl groups is 1. The fourth-order valence-corrected chi connectivity index (χ4v) is 2.16. The molecule has 0 spiro atoms. The topological polar surface area (TPSA) is 85.9 Å². The molecule has 1 aromatic carbocycles. The molecule has 1 amide bonds. The second kappa shape index (κ2) is 7.06. The first-order valence-electron chi connectivity index (χ1n) is 7.06. The molecule has 2 atom stereocenters. The average molecular weight is 359 g/mol. The smallest absolute Gasteiger partial charge is 0.287 e. The van der Waals surface area contributed by atoms with Crippen LogP contribution in [0.5, 0.6) is 5.75 Å². The van der Waals surface area contributed by atoms with E-state index in [-0.39, 0.29) is 10.8 Å². The molecule has 2 rings (SSSR count). The zero-order chi connectivity index (χ0) is 18.8. The van der Waals surface area contributed by atoms with Gasteiger partial charge in [-0.2, -0.15) is 15.4 Å². The molecule has 1 aromatic rings. The molecule has 1 N–H and O–H groups in total. The molecule has 134 valence electrons. The van der Waals surface area contributed by atoms with Crippen LogP contribution < -0.4 is 4.74 Å². The van der Waals surface area contributed by atoms with Gasteiger partial charge in [-0.15, -0.1) is 0 Å². The van der Waals surface area contributed by atoms with E-state index in [0.717, 1.165) is 0 Å². The maximum atomic E-state index is 13.1. The largest absolute Gasteiger partial charge is 0.481 e. The van der Waals surface area contributed by atoms with Crippen LogP contribution in [-0.2, 0) is 4.79 Å². The Labute approximate surface area is 139 Å². The van der Waals surface area contributed by atoms with Crippen molar-refractivity contribution in [2.45, 2.75) is 38.0 Å². The first kappa shape index (κ1) is 18.7. The van der Waals surface area contributed by atoms with Gasteiger partial charge in [0, 0.05) is 6.42 Å². The van der Waals surface area contributed by atoms with E-state index in [0.29, 0.717) is 5.56 Å². The second-order valence-corrected chi connectivity index (χ2v) is 5.29. The van der Waals surface area contributed by atoms with Crippen LogP contribution in [0, 0.1) is 11.3 Å². The minimum atomic E-state index is -3.50. The first-order chi connectivity index (χ1) is 11.7. The minimum absolute atomic E-state index is 0.0481. The SMILES string of the molecule is C[C@@H](Oc1ccc(C#N)cc1)C(=O)N1N=C(C(F)F)C[C@]1(O)C(F)F. The summed E-state index contributed by atoms with van der Waals surface area (Å²) in [7, 11) is 0. The summed E-state index contributed by atoms with van der Waals surface area (Å²) in [5.74, 6) is -1.06. The molecule has 10 heteroatoms. The molecule has 0 aromatic heterocycles. The number of hydrazone groups is 1.